The van der Waals surface area contributed by atoms with Crippen molar-refractivity contribution in [2.24, 2.45) is 4.99 Å². The van der Waals surface area contributed by atoms with E-state index in [1.165, 1.54) is 11.8 Å². The second kappa shape index (κ2) is 5.17. The van der Waals surface area contributed by atoms with Gasteiger partial charge in [-0.2, -0.15) is 0 Å². The summed E-state index contributed by atoms with van der Waals surface area (Å²) in [6.45, 7) is 1.85. The number of thioether (sulfide) groups is 1. The van der Waals surface area contributed by atoms with Crippen LogP contribution < -0.4 is 5.32 Å². The van der Waals surface area contributed by atoms with E-state index in [0.29, 0.717) is 0 Å². The minimum Gasteiger partial charge on any atom is -0.330 e. The minimum absolute atomic E-state index is 0.0123. The normalized spacial score (nSPS) is 19.6. The summed E-state index contributed by atoms with van der Waals surface area (Å²) in [5.41, 5.74) is -0.840. The molecule has 7 heteroatoms. The van der Waals surface area contributed by atoms with E-state index < -0.39 is 29.0 Å². The highest BCUT2D eigenvalue weighted by atomic mass is 32.2. The highest BCUT2D eigenvalue weighted by molar-refractivity contribution is 8.14. The van der Waals surface area contributed by atoms with Crippen molar-refractivity contribution >= 4 is 22.6 Å². The minimum atomic E-state index is -1.45. The zero-order valence-corrected chi connectivity index (χ0v) is 10.3. The lowest BCUT2D eigenvalue weighted by Gasteiger charge is -2.18. The maximum atomic E-state index is 13.4. The number of benzene rings is 1. The fourth-order valence-electron chi connectivity index (χ4n) is 1.49. The van der Waals surface area contributed by atoms with Crippen LogP contribution in [0.5, 0.6) is 0 Å². The fourth-order valence-corrected chi connectivity index (χ4v) is 2.57. The third-order valence-electron chi connectivity index (χ3n) is 2.46. The molecule has 0 saturated heterocycles. The molecule has 0 bridgehead atoms. The number of aliphatic imine (C=N–C) groups is 1. The number of nitrogens with zero attached hydrogens (tertiary/aromatic N) is 1. The maximum absolute atomic E-state index is 13.4. The van der Waals surface area contributed by atoms with E-state index in [0.717, 1.165) is 12.2 Å². The Kier molecular flexibility index (Phi) is 3.79. The molecule has 1 N–H and O–H groups in total. The van der Waals surface area contributed by atoms with Crippen molar-refractivity contribution in [2.75, 3.05) is 11.1 Å². The topological polar surface area (TPSA) is 24.4 Å². The molecule has 0 aromatic heterocycles. The van der Waals surface area contributed by atoms with Gasteiger partial charge in [0.05, 0.1) is 6.04 Å². The second-order valence-electron chi connectivity index (χ2n) is 3.89. The summed E-state index contributed by atoms with van der Waals surface area (Å²) in [6, 6.07) is 0.187. The first-order valence-corrected chi connectivity index (χ1v) is 6.28. The average molecular weight is 278 g/mol. The van der Waals surface area contributed by atoms with Crippen molar-refractivity contribution in [2.45, 2.75) is 19.4 Å². The maximum Gasteiger partial charge on any atom is 0.185 e. The van der Waals surface area contributed by atoms with Gasteiger partial charge in [0.1, 0.15) is 5.69 Å². The molecule has 0 aliphatic carbocycles. The van der Waals surface area contributed by atoms with E-state index in [1.54, 1.807) is 0 Å². The van der Waals surface area contributed by atoms with Crippen LogP contribution in [0.3, 0.4) is 0 Å². The Labute approximate surface area is 105 Å². The van der Waals surface area contributed by atoms with E-state index in [2.05, 4.69) is 10.3 Å². The van der Waals surface area contributed by atoms with Gasteiger partial charge in [0.2, 0.25) is 0 Å². The Morgan fingerprint density at radius 3 is 2.39 bits per heavy atom. The van der Waals surface area contributed by atoms with Crippen molar-refractivity contribution in [1.82, 2.24) is 0 Å². The van der Waals surface area contributed by atoms with Crippen LogP contribution in [-0.2, 0) is 0 Å². The summed E-state index contributed by atoms with van der Waals surface area (Å²) in [5, 5.41) is 2.57. The molecule has 98 valence electrons. The summed E-state index contributed by atoms with van der Waals surface area (Å²) < 4.78 is 52.7. The van der Waals surface area contributed by atoms with Crippen LogP contribution in [-0.4, -0.2) is 17.0 Å². The standard InChI is InChI=1S/C11H10F4N2S/c1-5-2-3-18-11(16-5)17-10-8(14)6(12)4-7(13)9(10)15/h4-5H,2-3H2,1H3,(H,16,17). The molecule has 2 nitrogen and oxygen atoms in total. The Morgan fingerprint density at radius 1 is 1.22 bits per heavy atom. The monoisotopic (exact) mass is 278 g/mol. The lowest BCUT2D eigenvalue weighted by atomic mass is 10.2. The Balaban J connectivity index is 2.34. The SMILES string of the molecule is CC1CCSC(Nc2c(F)c(F)cc(F)c2F)=N1. The molecule has 0 saturated carbocycles. The van der Waals surface area contributed by atoms with Gasteiger partial charge in [-0.15, -0.1) is 0 Å². The van der Waals surface area contributed by atoms with Crippen LogP contribution in [0.25, 0.3) is 0 Å². The molecule has 0 fully saturated rings. The van der Waals surface area contributed by atoms with E-state index in [4.69, 9.17) is 0 Å². The number of anilines is 1. The Morgan fingerprint density at radius 2 is 1.83 bits per heavy atom. The van der Waals surface area contributed by atoms with Gasteiger partial charge in [-0.05, 0) is 13.3 Å². The largest absolute Gasteiger partial charge is 0.330 e. The van der Waals surface area contributed by atoms with Gasteiger partial charge in [0.15, 0.2) is 28.4 Å². The quantitative estimate of drug-likeness (QED) is 0.627. The van der Waals surface area contributed by atoms with Crippen molar-refractivity contribution in [1.29, 1.82) is 0 Å². The molecule has 1 heterocycles. The van der Waals surface area contributed by atoms with Crippen LogP contribution in [0, 0.1) is 23.3 Å². The molecule has 1 aliphatic heterocycles. The van der Waals surface area contributed by atoms with Crippen molar-refractivity contribution in [3.8, 4) is 0 Å². The van der Waals surface area contributed by atoms with Crippen LogP contribution in [0.1, 0.15) is 13.3 Å². The van der Waals surface area contributed by atoms with Gasteiger partial charge in [-0.3, -0.25) is 4.99 Å². The van der Waals surface area contributed by atoms with Crippen LogP contribution in [0.2, 0.25) is 0 Å². The number of nitrogens with one attached hydrogen (secondary N) is 1. The second-order valence-corrected chi connectivity index (χ2v) is 4.97. The van der Waals surface area contributed by atoms with Crippen LogP contribution in [0.4, 0.5) is 23.2 Å². The highest BCUT2D eigenvalue weighted by Crippen LogP contribution is 2.26. The van der Waals surface area contributed by atoms with Gasteiger partial charge < -0.3 is 5.32 Å². The van der Waals surface area contributed by atoms with E-state index >= 15 is 0 Å². The molecule has 2 rings (SSSR count). The zero-order chi connectivity index (χ0) is 13.3. The van der Waals surface area contributed by atoms with Gasteiger partial charge >= 0.3 is 0 Å². The molecule has 1 unspecified atom stereocenters. The average Bonchev–Trinajstić information content (AvgIpc) is 2.32. The van der Waals surface area contributed by atoms with E-state index in [1.807, 2.05) is 6.92 Å². The predicted molar refractivity (Wildman–Crippen MR) is 63.9 cm³/mol. The van der Waals surface area contributed by atoms with E-state index in [9.17, 15) is 17.6 Å². The van der Waals surface area contributed by atoms with Gasteiger partial charge in [0, 0.05) is 11.8 Å². The molecule has 0 amide bonds. The molecule has 18 heavy (non-hydrogen) atoms. The highest BCUT2D eigenvalue weighted by Gasteiger charge is 2.21. The molecule has 1 aromatic rings. The first-order chi connectivity index (χ1) is 8.49. The number of hydrogen-bond acceptors (Lipinski definition) is 3. The smallest absolute Gasteiger partial charge is 0.185 e. The Hall–Kier alpha value is -1.24. The number of hydrogen-bond donors (Lipinski definition) is 1. The molecule has 1 aliphatic rings. The first kappa shape index (κ1) is 13.2. The zero-order valence-electron chi connectivity index (χ0n) is 9.44. The van der Waals surface area contributed by atoms with Crippen molar-refractivity contribution < 1.29 is 17.6 Å². The fraction of sp³-hybridized carbons (Fsp3) is 0.364. The van der Waals surface area contributed by atoms with Crippen molar-refractivity contribution in [3.63, 3.8) is 0 Å². The summed E-state index contributed by atoms with van der Waals surface area (Å²) >= 11 is 1.25. The van der Waals surface area contributed by atoms with Crippen LogP contribution in [0.15, 0.2) is 11.1 Å². The first-order valence-electron chi connectivity index (χ1n) is 5.29. The molecule has 1 aromatic carbocycles. The van der Waals surface area contributed by atoms with E-state index in [-0.39, 0.29) is 17.3 Å². The summed E-state index contributed by atoms with van der Waals surface area (Å²) in [4.78, 5) is 4.11. The van der Waals surface area contributed by atoms with Gasteiger partial charge in [-0.25, -0.2) is 17.6 Å². The van der Waals surface area contributed by atoms with Crippen LogP contribution >= 0.6 is 11.8 Å². The van der Waals surface area contributed by atoms with Gasteiger partial charge in [0.25, 0.3) is 0 Å². The summed E-state index contributed by atoms with van der Waals surface area (Å²) in [7, 11) is 0. The molecular weight excluding hydrogens is 268 g/mol. The summed E-state index contributed by atoms with van der Waals surface area (Å²) in [6.07, 6.45) is 0.846. The number of amidine groups is 1. The van der Waals surface area contributed by atoms with Gasteiger partial charge in [-0.1, -0.05) is 11.8 Å². The van der Waals surface area contributed by atoms with Crippen molar-refractivity contribution in [3.05, 3.63) is 29.3 Å². The third-order valence-corrected chi connectivity index (χ3v) is 3.38. The molecule has 0 spiro atoms. The number of halogens is 4. The summed E-state index contributed by atoms with van der Waals surface area (Å²) in [5.74, 6) is -5.05. The molecule has 0 radical (unpaired) electrons. The third kappa shape index (κ3) is 2.60. The predicted octanol–water partition coefficient (Wildman–Crippen LogP) is 3.54. The number of rotatable bonds is 1. The molecule has 1 atom stereocenters. The lowest BCUT2D eigenvalue weighted by molar-refractivity contribution is 0.459. The lowest BCUT2D eigenvalue weighted by Crippen LogP contribution is -2.20. The Bertz CT molecular complexity index is 478. The molecular formula is C11H10F4N2S.